The van der Waals surface area contributed by atoms with Gasteiger partial charge < -0.3 is 9.88 Å². The zero-order valence-electron chi connectivity index (χ0n) is 14.2. The molecule has 1 aliphatic rings. The average Bonchev–Trinajstić information content (AvgIpc) is 3.22. The molecule has 1 N–H and O–H groups in total. The number of hydrogen-bond acceptors (Lipinski definition) is 1. The van der Waals surface area contributed by atoms with E-state index in [4.69, 9.17) is 0 Å². The molecule has 1 aromatic heterocycles. The molecule has 0 saturated carbocycles. The van der Waals surface area contributed by atoms with Gasteiger partial charge in [0.2, 0.25) is 5.91 Å². The van der Waals surface area contributed by atoms with Gasteiger partial charge in [-0.2, -0.15) is 0 Å². The Morgan fingerprint density at radius 3 is 2.42 bits per heavy atom. The Bertz CT molecular complexity index is 1100. The summed E-state index contributed by atoms with van der Waals surface area (Å²) in [6, 6.07) is 26.4. The molecule has 0 fully saturated rings. The molecule has 5 rings (SSSR count). The van der Waals surface area contributed by atoms with Crippen molar-refractivity contribution in [2.24, 2.45) is 0 Å². The maximum Gasteiger partial charge on any atom is 0.239 e. The van der Waals surface area contributed by atoms with Crippen LogP contribution < -0.4 is 4.90 Å². The fourth-order valence-electron chi connectivity index (χ4n) is 3.95. The number of carbonyl (C=O) groups excluding carboxylic acids is 1. The van der Waals surface area contributed by atoms with Gasteiger partial charge in [-0.05, 0) is 28.8 Å². The molecule has 1 unspecified atom stereocenters. The highest BCUT2D eigenvalue weighted by Crippen LogP contribution is 2.43. The summed E-state index contributed by atoms with van der Waals surface area (Å²) >= 11 is 0. The lowest BCUT2D eigenvalue weighted by Crippen LogP contribution is -2.28. The highest BCUT2D eigenvalue weighted by molar-refractivity contribution is 6.08. The van der Waals surface area contributed by atoms with E-state index >= 15 is 0 Å². The molecule has 26 heavy (non-hydrogen) atoms. The topological polar surface area (TPSA) is 36.1 Å². The van der Waals surface area contributed by atoms with Crippen molar-refractivity contribution < 1.29 is 4.79 Å². The first-order valence-electron chi connectivity index (χ1n) is 8.83. The second-order valence-electron chi connectivity index (χ2n) is 6.69. The van der Waals surface area contributed by atoms with Crippen molar-refractivity contribution in [2.75, 3.05) is 4.90 Å². The molecular formula is C23H18N2O. The lowest BCUT2D eigenvalue weighted by molar-refractivity contribution is -0.118. The largest absolute Gasteiger partial charge is 0.361 e. The molecule has 2 heterocycles. The minimum absolute atomic E-state index is 0.139. The summed E-state index contributed by atoms with van der Waals surface area (Å²) < 4.78 is 0. The van der Waals surface area contributed by atoms with Gasteiger partial charge in [0, 0.05) is 22.8 Å². The number of para-hydroxylation sites is 2. The molecule has 0 saturated heterocycles. The molecule has 0 radical (unpaired) electrons. The van der Waals surface area contributed by atoms with Crippen LogP contribution in [0.25, 0.3) is 10.9 Å². The standard InChI is InChI=1S/C23H18N2O/c26-23-22(19-14-24-20-12-6-4-10-17(19)20)18-11-5-7-13-21(18)25(23)15-16-8-2-1-3-9-16/h1-14,22,24H,15H2. The number of rotatable bonds is 3. The summed E-state index contributed by atoms with van der Waals surface area (Å²) in [5, 5.41) is 1.11. The minimum Gasteiger partial charge on any atom is -0.361 e. The Morgan fingerprint density at radius 1 is 0.808 bits per heavy atom. The number of nitrogens with zero attached hydrogens (tertiary/aromatic N) is 1. The number of hydrogen-bond donors (Lipinski definition) is 1. The number of amides is 1. The first-order chi connectivity index (χ1) is 12.8. The highest BCUT2D eigenvalue weighted by Gasteiger charge is 2.39. The maximum atomic E-state index is 13.4. The van der Waals surface area contributed by atoms with Gasteiger partial charge in [0.1, 0.15) is 0 Å². The van der Waals surface area contributed by atoms with Gasteiger partial charge in [-0.15, -0.1) is 0 Å². The number of aromatic amines is 1. The Hall–Kier alpha value is -3.33. The first kappa shape index (κ1) is 15.0. The molecule has 3 nitrogen and oxygen atoms in total. The molecule has 0 bridgehead atoms. The van der Waals surface area contributed by atoms with Crippen molar-refractivity contribution in [3.8, 4) is 0 Å². The molecule has 0 spiro atoms. The van der Waals surface area contributed by atoms with Crippen molar-refractivity contribution in [3.05, 3.63) is 102 Å². The van der Waals surface area contributed by atoms with Crippen LogP contribution in [0, 0.1) is 0 Å². The van der Waals surface area contributed by atoms with Gasteiger partial charge in [-0.25, -0.2) is 0 Å². The molecular weight excluding hydrogens is 320 g/mol. The Morgan fingerprint density at radius 2 is 1.54 bits per heavy atom. The zero-order valence-corrected chi connectivity index (χ0v) is 14.2. The maximum absolute atomic E-state index is 13.4. The second-order valence-corrected chi connectivity index (χ2v) is 6.69. The highest BCUT2D eigenvalue weighted by atomic mass is 16.2. The minimum atomic E-state index is -0.258. The van der Waals surface area contributed by atoms with Gasteiger partial charge in [-0.1, -0.05) is 66.7 Å². The summed E-state index contributed by atoms with van der Waals surface area (Å²) in [6.45, 7) is 0.593. The predicted octanol–water partition coefficient (Wildman–Crippen LogP) is 4.85. The molecule has 3 aromatic carbocycles. The SMILES string of the molecule is O=C1C(c2c[nH]c3ccccc23)c2ccccc2N1Cc1ccccc1. The van der Waals surface area contributed by atoms with E-state index in [0.717, 1.165) is 33.3 Å². The summed E-state index contributed by atoms with van der Waals surface area (Å²) in [5.74, 6) is -0.120. The molecule has 3 heteroatoms. The van der Waals surface area contributed by atoms with Crippen LogP contribution in [0.3, 0.4) is 0 Å². The average molecular weight is 338 g/mol. The van der Waals surface area contributed by atoms with Gasteiger partial charge >= 0.3 is 0 Å². The summed E-state index contributed by atoms with van der Waals surface area (Å²) in [7, 11) is 0. The Kier molecular flexibility index (Phi) is 3.39. The third-order valence-electron chi connectivity index (χ3n) is 5.17. The Balaban J connectivity index is 1.62. The van der Waals surface area contributed by atoms with Crippen LogP contribution in [0.2, 0.25) is 0 Å². The van der Waals surface area contributed by atoms with Crippen molar-refractivity contribution in [1.82, 2.24) is 4.98 Å². The van der Waals surface area contributed by atoms with Crippen molar-refractivity contribution in [3.63, 3.8) is 0 Å². The van der Waals surface area contributed by atoms with Crippen LogP contribution in [0.5, 0.6) is 0 Å². The van der Waals surface area contributed by atoms with Gasteiger partial charge in [0.25, 0.3) is 0 Å². The molecule has 1 amide bonds. The predicted molar refractivity (Wildman–Crippen MR) is 104 cm³/mol. The van der Waals surface area contributed by atoms with Crippen molar-refractivity contribution >= 4 is 22.5 Å². The van der Waals surface area contributed by atoms with Gasteiger partial charge in [0.15, 0.2) is 0 Å². The van der Waals surface area contributed by atoms with E-state index in [1.165, 1.54) is 0 Å². The van der Waals surface area contributed by atoms with E-state index in [9.17, 15) is 4.79 Å². The van der Waals surface area contributed by atoms with Crippen LogP contribution in [-0.4, -0.2) is 10.9 Å². The lowest BCUT2D eigenvalue weighted by Gasteiger charge is -2.18. The summed E-state index contributed by atoms with van der Waals surface area (Å²) in [6.07, 6.45) is 1.98. The molecule has 1 atom stereocenters. The monoisotopic (exact) mass is 338 g/mol. The van der Waals surface area contributed by atoms with E-state index in [0.29, 0.717) is 6.54 Å². The number of fused-ring (bicyclic) bond motifs is 2. The number of aromatic nitrogens is 1. The zero-order chi connectivity index (χ0) is 17.5. The van der Waals surface area contributed by atoms with Crippen LogP contribution in [0.4, 0.5) is 5.69 Å². The van der Waals surface area contributed by atoms with E-state index in [1.54, 1.807) is 0 Å². The van der Waals surface area contributed by atoms with Crippen LogP contribution in [0.1, 0.15) is 22.6 Å². The van der Waals surface area contributed by atoms with E-state index in [2.05, 4.69) is 29.2 Å². The number of nitrogens with one attached hydrogen (secondary N) is 1. The lowest BCUT2D eigenvalue weighted by atomic mass is 9.92. The summed E-state index contributed by atoms with van der Waals surface area (Å²) in [4.78, 5) is 18.6. The molecule has 0 aliphatic carbocycles. The molecule has 4 aromatic rings. The molecule has 1 aliphatic heterocycles. The van der Waals surface area contributed by atoms with Gasteiger partial charge in [-0.3, -0.25) is 4.79 Å². The quantitative estimate of drug-likeness (QED) is 0.570. The third-order valence-corrected chi connectivity index (χ3v) is 5.17. The smallest absolute Gasteiger partial charge is 0.239 e. The van der Waals surface area contributed by atoms with Crippen molar-refractivity contribution in [2.45, 2.75) is 12.5 Å². The third kappa shape index (κ3) is 2.25. The van der Waals surface area contributed by atoms with Crippen LogP contribution in [-0.2, 0) is 11.3 Å². The van der Waals surface area contributed by atoms with E-state index in [-0.39, 0.29) is 11.8 Å². The Labute approximate surface area is 151 Å². The fourth-order valence-corrected chi connectivity index (χ4v) is 3.95. The van der Waals surface area contributed by atoms with Crippen molar-refractivity contribution in [1.29, 1.82) is 0 Å². The number of H-pyrrole nitrogens is 1. The molecule has 126 valence electrons. The van der Waals surface area contributed by atoms with E-state index in [1.807, 2.05) is 65.7 Å². The number of anilines is 1. The number of benzene rings is 3. The van der Waals surface area contributed by atoms with Crippen LogP contribution in [0.15, 0.2) is 85.1 Å². The second kappa shape index (κ2) is 5.88. The normalized spacial score (nSPS) is 16.2. The summed E-state index contributed by atoms with van der Waals surface area (Å²) in [5.41, 5.74) is 5.34. The van der Waals surface area contributed by atoms with Crippen LogP contribution >= 0.6 is 0 Å². The first-order valence-corrected chi connectivity index (χ1v) is 8.83. The van der Waals surface area contributed by atoms with Gasteiger partial charge in [0.05, 0.1) is 12.5 Å². The fraction of sp³-hybridized carbons (Fsp3) is 0.0870. The number of carbonyl (C=O) groups is 1. The van der Waals surface area contributed by atoms with E-state index < -0.39 is 0 Å².